The van der Waals surface area contributed by atoms with Gasteiger partial charge in [0.1, 0.15) is 6.61 Å². The van der Waals surface area contributed by atoms with Crippen LogP contribution in [0.2, 0.25) is 0 Å². The smallest absolute Gasteiger partial charge is 0.178 e. The molecule has 0 aliphatic heterocycles. The molecule has 1 N–H and O–H groups in total. The SMILES string of the molecule is COCC(=O)C1C(C)CC2C3CCC4=CC(=O)C=CC4(C)C3C(O)CC21C. The fraction of sp³-hybridized carbons (Fsp3) is 0.739. The molecular weight excluding hydrogens is 340 g/mol. The number of hydrogen-bond donors (Lipinski definition) is 1. The van der Waals surface area contributed by atoms with Gasteiger partial charge in [0.15, 0.2) is 11.6 Å². The first-order chi connectivity index (χ1) is 12.7. The van der Waals surface area contributed by atoms with Crippen LogP contribution >= 0.6 is 0 Å². The molecule has 0 radical (unpaired) electrons. The van der Waals surface area contributed by atoms with E-state index in [1.807, 2.05) is 6.08 Å². The number of Topliss-reactive ketones (excluding diaryl/α,β-unsaturated/α-hetero) is 1. The van der Waals surface area contributed by atoms with Crippen LogP contribution in [0.25, 0.3) is 0 Å². The summed E-state index contributed by atoms with van der Waals surface area (Å²) in [5, 5.41) is 11.3. The monoisotopic (exact) mass is 372 g/mol. The molecular formula is C23H32O4. The van der Waals surface area contributed by atoms with Crippen LogP contribution in [0.1, 0.15) is 46.5 Å². The Morgan fingerprint density at radius 3 is 2.81 bits per heavy atom. The molecule has 0 saturated heterocycles. The summed E-state index contributed by atoms with van der Waals surface area (Å²) in [5.74, 6) is 1.50. The van der Waals surface area contributed by atoms with Crippen molar-refractivity contribution in [3.05, 3.63) is 23.8 Å². The quantitative estimate of drug-likeness (QED) is 0.825. The minimum Gasteiger partial charge on any atom is -0.393 e. The second-order valence-corrected chi connectivity index (χ2v) is 9.89. The first kappa shape index (κ1) is 19.1. The Morgan fingerprint density at radius 1 is 1.37 bits per heavy atom. The fourth-order valence-corrected chi connectivity index (χ4v) is 7.61. The number of fused-ring (bicyclic) bond motifs is 5. The van der Waals surface area contributed by atoms with E-state index in [4.69, 9.17) is 4.74 Å². The third-order valence-corrected chi connectivity index (χ3v) is 8.47. The average molecular weight is 373 g/mol. The summed E-state index contributed by atoms with van der Waals surface area (Å²) in [5.41, 5.74) is 0.772. The molecule has 3 saturated carbocycles. The van der Waals surface area contributed by atoms with E-state index < -0.39 is 6.10 Å². The number of methoxy groups -OCH3 is 1. The summed E-state index contributed by atoms with van der Waals surface area (Å²) in [7, 11) is 1.58. The van der Waals surface area contributed by atoms with Crippen LogP contribution in [-0.4, -0.2) is 36.5 Å². The Kier molecular flexibility index (Phi) is 4.51. The van der Waals surface area contributed by atoms with Crippen LogP contribution in [0.3, 0.4) is 0 Å². The van der Waals surface area contributed by atoms with Crippen molar-refractivity contribution in [1.82, 2.24) is 0 Å². The molecule has 0 bridgehead atoms. The zero-order valence-electron chi connectivity index (χ0n) is 16.9. The van der Waals surface area contributed by atoms with Crippen molar-refractivity contribution < 1.29 is 19.4 Å². The van der Waals surface area contributed by atoms with Crippen LogP contribution in [0.15, 0.2) is 23.8 Å². The normalized spacial score (nSPS) is 48.5. The molecule has 0 spiro atoms. The van der Waals surface area contributed by atoms with Gasteiger partial charge in [-0.2, -0.15) is 0 Å². The molecule has 3 fully saturated rings. The first-order valence-corrected chi connectivity index (χ1v) is 10.4. The lowest BCUT2D eigenvalue weighted by atomic mass is 9.46. The molecule has 4 nitrogen and oxygen atoms in total. The summed E-state index contributed by atoms with van der Waals surface area (Å²) >= 11 is 0. The third-order valence-electron chi connectivity index (χ3n) is 8.47. The summed E-state index contributed by atoms with van der Waals surface area (Å²) in [6, 6.07) is 0. The summed E-state index contributed by atoms with van der Waals surface area (Å²) in [6.07, 6.45) is 8.68. The molecule has 0 aromatic heterocycles. The van der Waals surface area contributed by atoms with Gasteiger partial charge >= 0.3 is 0 Å². The van der Waals surface area contributed by atoms with Crippen molar-refractivity contribution in [3.8, 4) is 0 Å². The predicted molar refractivity (Wildman–Crippen MR) is 103 cm³/mol. The number of aliphatic hydroxyl groups excluding tert-OH is 1. The van der Waals surface area contributed by atoms with Gasteiger partial charge in [-0.1, -0.05) is 32.4 Å². The van der Waals surface area contributed by atoms with E-state index in [2.05, 4.69) is 20.8 Å². The van der Waals surface area contributed by atoms with Crippen LogP contribution in [0, 0.1) is 40.4 Å². The third kappa shape index (κ3) is 2.63. The van der Waals surface area contributed by atoms with Gasteiger partial charge in [-0.25, -0.2) is 0 Å². The van der Waals surface area contributed by atoms with Crippen molar-refractivity contribution in [3.63, 3.8) is 0 Å². The molecule has 0 aromatic carbocycles. The topological polar surface area (TPSA) is 63.6 Å². The van der Waals surface area contributed by atoms with E-state index in [0.717, 1.165) is 19.3 Å². The van der Waals surface area contributed by atoms with Crippen LogP contribution in [-0.2, 0) is 14.3 Å². The Labute approximate surface area is 162 Å². The number of ether oxygens (including phenoxy) is 1. The zero-order chi connectivity index (χ0) is 19.6. The number of aliphatic hydroxyl groups is 1. The van der Waals surface area contributed by atoms with Gasteiger partial charge < -0.3 is 9.84 Å². The summed E-state index contributed by atoms with van der Waals surface area (Å²) in [6.45, 7) is 6.78. The van der Waals surface area contributed by atoms with E-state index in [0.29, 0.717) is 24.2 Å². The Bertz CT molecular complexity index is 722. The van der Waals surface area contributed by atoms with Crippen LogP contribution in [0.4, 0.5) is 0 Å². The highest BCUT2D eigenvalue weighted by atomic mass is 16.5. The maximum atomic E-state index is 12.8. The summed E-state index contributed by atoms with van der Waals surface area (Å²) in [4.78, 5) is 24.7. The second-order valence-electron chi connectivity index (χ2n) is 9.89. The van der Waals surface area contributed by atoms with Gasteiger partial charge in [-0.3, -0.25) is 9.59 Å². The number of allylic oxidation sites excluding steroid dienone is 4. The van der Waals surface area contributed by atoms with Gasteiger partial charge in [0, 0.05) is 24.4 Å². The highest BCUT2D eigenvalue weighted by Gasteiger charge is 2.64. The molecule has 148 valence electrons. The molecule has 0 heterocycles. The second kappa shape index (κ2) is 6.38. The number of carbonyl (C=O) groups excluding carboxylic acids is 2. The lowest BCUT2D eigenvalue weighted by molar-refractivity contribution is -0.143. The maximum Gasteiger partial charge on any atom is 0.178 e. The van der Waals surface area contributed by atoms with E-state index in [9.17, 15) is 14.7 Å². The van der Waals surface area contributed by atoms with Crippen molar-refractivity contribution in [2.45, 2.75) is 52.6 Å². The average Bonchev–Trinajstić information content (AvgIpc) is 2.85. The minimum absolute atomic E-state index is 0.0359. The summed E-state index contributed by atoms with van der Waals surface area (Å²) < 4.78 is 5.16. The Morgan fingerprint density at radius 2 is 2.11 bits per heavy atom. The predicted octanol–water partition coefficient (Wildman–Crippen LogP) is 3.34. The van der Waals surface area contributed by atoms with Gasteiger partial charge in [-0.15, -0.1) is 0 Å². The molecule has 8 unspecified atom stereocenters. The lowest BCUT2D eigenvalue weighted by Crippen LogP contribution is -2.56. The molecule has 4 aliphatic carbocycles. The minimum atomic E-state index is -0.453. The van der Waals surface area contributed by atoms with Crippen LogP contribution < -0.4 is 0 Å². The lowest BCUT2D eigenvalue weighted by Gasteiger charge is -2.58. The van der Waals surface area contributed by atoms with Gasteiger partial charge in [-0.05, 0) is 61.0 Å². The molecule has 0 aromatic rings. The van der Waals surface area contributed by atoms with E-state index in [1.54, 1.807) is 19.3 Å². The molecule has 8 atom stereocenters. The fourth-order valence-electron chi connectivity index (χ4n) is 7.61. The van der Waals surface area contributed by atoms with Crippen molar-refractivity contribution in [1.29, 1.82) is 0 Å². The van der Waals surface area contributed by atoms with Crippen LogP contribution in [0.5, 0.6) is 0 Å². The largest absolute Gasteiger partial charge is 0.393 e. The molecule has 27 heavy (non-hydrogen) atoms. The highest BCUT2D eigenvalue weighted by molar-refractivity contribution is 6.01. The standard InChI is InChI=1S/C23H32O4/c1-13-9-17-16-6-5-14-10-15(24)7-8-22(14,2)21(16)18(25)11-23(17,3)20(13)19(26)12-27-4/h7-8,10,13,16-18,20-21,25H,5-6,9,11-12H2,1-4H3. The van der Waals surface area contributed by atoms with Crippen molar-refractivity contribution in [2.24, 2.45) is 40.4 Å². The van der Waals surface area contributed by atoms with Crippen molar-refractivity contribution in [2.75, 3.05) is 13.7 Å². The molecule has 4 rings (SSSR count). The number of hydrogen-bond acceptors (Lipinski definition) is 4. The maximum absolute atomic E-state index is 12.8. The van der Waals surface area contributed by atoms with Gasteiger partial charge in [0.2, 0.25) is 0 Å². The zero-order valence-corrected chi connectivity index (χ0v) is 16.9. The Balaban J connectivity index is 1.71. The Hall–Kier alpha value is -1.26. The highest BCUT2D eigenvalue weighted by Crippen LogP contribution is 2.67. The number of ketones is 2. The van der Waals surface area contributed by atoms with E-state index >= 15 is 0 Å². The van der Waals surface area contributed by atoms with Crippen molar-refractivity contribution >= 4 is 11.6 Å². The van der Waals surface area contributed by atoms with E-state index in [1.165, 1.54) is 5.57 Å². The first-order valence-electron chi connectivity index (χ1n) is 10.4. The molecule has 4 aliphatic rings. The van der Waals surface area contributed by atoms with Gasteiger partial charge in [0.25, 0.3) is 0 Å². The number of carbonyl (C=O) groups is 2. The molecule has 4 heteroatoms. The van der Waals surface area contributed by atoms with Gasteiger partial charge in [0.05, 0.1) is 6.10 Å². The van der Waals surface area contributed by atoms with E-state index in [-0.39, 0.29) is 40.8 Å². The number of rotatable bonds is 3. The molecule has 0 amide bonds.